The molecule has 9 nitrogen and oxygen atoms in total. The standard InChI is InChI=1S/C19H19IN6O3S2/c1-13-17(18(27)24-31(2,28)29)23-19(30-13)25(11-14-3-5-16(20)6-4-14)7-8-26-12-15(9-21)10-22-26/h3-6,10,12H,7-8,11H2,1-2H3,(H,24,27). The number of nitrogens with zero attached hydrogens (tertiary/aromatic N) is 5. The molecule has 0 unspecified atom stereocenters. The van der Waals surface area contributed by atoms with Crippen LogP contribution in [0.2, 0.25) is 0 Å². The summed E-state index contributed by atoms with van der Waals surface area (Å²) >= 11 is 3.56. The van der Waals surface area contributed by atoms with Gasteiger partial charge >= 0.3 is 0 Å². The molecular weight excluding hydrogens is 551 g/mol. The Morgan fingerprint density at radius 3 is 2.68 bits per heavy atom. The minimum Gasteiger partial charge on any atom is -0.342 e. The lowest BCUT2D eigenvalue weighted by Gasteiger charge is -2.22. The molecule has 0 aliphatic rings. The molecule has 3 aromatic rings. The monoisotopic (exact) mass is 570 g/mol. The Balaban J connectivity index is 1.86. The van der Waals surface area contributed by atoms with Gasteiger partial charge in [0.15, 0.2) is 5.13 Å². The molecule has 0 spiro atoms. The van der Waals surface area contributed by atoms with Gasteiger partial charge in [-0.15, -0.1) is 11.3 Å². The Hall–Kier alpha value is -2.50. The SMILES string of the molecule is Cc1sc(N(CCn2cc(C#N)cn2)Cc2ccc(I)cc2)nc1C(=O)NS(C)(=O)=O. The Morgan fingerprint density at radius 2 is 2.06 bits per heavy atom. The van der Waals surface area contributed by atoms with Gasteiger partial charge in [0.1, 0.15) is 11.8 Å². The molecule has 31 heavy (non-hydrogen) atoms. The number of carbonyl (C=O) groups is 1. The highest BCUT2D eigenvalue weighted by Crippen LogP contribution is 2.27. The second kappa shape index (κ2) is 9.75. The van der Waals surface area contributed by atoms with Crippen molar-refractivity contribution in [2.75, 3.05) is 17.7 Å². The molecule has 2 aromatic heterocycles. The fourth-order valence-corrected chi connectivity index (χ4v) is 4.49. The van der Waals surface area contributed by atoms with Gasteiger partial charge < -0.3 is 4.90 Å². The van der Waals surface area contributed by atoms with E-state index in [1.54, 1.807) is 17.8 Å². The van der Waals surface area contributed by atoms with Gasteiger partial charge in [-0.1, -0.05) is 12.1 Å². The number of benzene rings is 1. The van der Waals surface area contributed by atoms with Crippen molar-refractivity contribution in [2.24, 2.45) is 0 Å². The van der Waals surface area contributed by atoms with E-state index in [0.717, 1.165) is 15.4 Å². The zero-order chi connectivity index (χ0) is 22.6. The lowest BCUT2D eigenvalue weighted by atomic mass is 10.2. The number of rotatable bonds is 8. The van der Waals surface area contributed by atoms with Crippen LogP contribution in [-0.2, 0) is 23.1 Å². The van der Waals surface area contributed by atoms with Crippen LogP contribution in [0.4, 0.5) is 5.13 Å². The van der Waals surface area contributed by atoms with Gasteiger partial charge in [0, 0.05) is 27.7 Å². The smallest absolute Gasteiger partial charge is 0.284 e. The van der Waals surface area contributed by atoms with E-state index in [0.29, 0.717) is 35.2 Å². The number of amides is 1. The van der Waals surface area contributed by atoms with E-state index in [-0.39, 0.29) is 5.69 Å². The predicted molar refractivity (Wildman–Crippen MR) is 126 cm³/mol. The fourth-order valence-electron chi connectivity index (χ4n) is 2.76. The number of carbonyl (C=O) groups excluding carboxylic acids is 1. The summed E-state index contributed by atoms with van der Waals surface area (Å²) in [6.07, 6.45) is 4.10. The van der Waals surface area contributed by atoms with Gasteiger partial charge in [-0.3, -0.25) is 9.48 Å². The Labute approximate surface area is 197 Å². The fraction of sp³-hybridized carbons (Fsp3) is 0.263. The lowest BCUT2D eigenvalue weighted by molar-refractivity contribution is 0.0977. The van der Waals surface area contributed by atoms with E-state index in [4.69, 9.17) is 5.26 Å². The highest BCUT2D eigenvalue weighted by molar-refractivity contribution is 14.1. The zero-order valence-corrected chi connectivity index (χ0v) is 20.5. The number of hydrogen-bond donors (Lipinski definition) is 1. The number of hydrogen-bond acceptors (Lipinski definition) is 8. The second-order valence-corrected chi connectivity index (χ2v) is 10.9. The van der Waals surface area contributed by atoms with Crippen molar-refractivity contribution in [1.29, 1.82) is 5.26 Å². The van der Waals surface area contributed by atoms with Gasteiger partial charge in [-0.2, -0.15) is 10.4 Å². The van der Waals surface area contributed by atoms with Gasteiger partial charge in [-0.25, -0.2) is 18.1 Å². The topological polar surface area (TPSA) is 121 Å². The Bertz CT molecular complexity index is 1230. The number of aromatic nitrogens is 3. The molecule has 0 saturated heterocycles. The van der Waals surface area contributed by atoms with Gasteiger partial charge in [0.25, 0.3) is 5.91 Å². The summed E-state index contributed by atoms with van der Waals surface area (Å²) in [5.74, 6) is -0.748. The normalized spacial score (nSPS) is 11.2. The highest BCUT2D eigenvalue weighted by Gasteiger charge is 2.21. The van der Waals surface area contributed by atoms with E-state index in [9.17, 15) is 13.2 Å². The lowest BCUT2D eigenvalue weighted by Crippen LogP contribution is -2.30. The molecule has 0 aliphatic heterocycles. The van der Waals surface area contributed by atoms with E-state index in [1.807, 2.05) is 33.9 Å². The number of thiazole rings is 1. The van der Waals surface area contributed by atoms with Gasteiger partial charge in [0.2, 0.25) is 10.0 Å². The maximum atomic E-state index is 12.3. The zero-order valence-electron chi connectivity index (χ0n) is 16.7. The molecule has 162 valence electrons. The largest absolute Gasteiger partial charge is 0.342 e. The molecule has 1 aromatic carbocycles. The van der Waals surface area contributed by atoms with Crippen molar-refractivity contribution in [1.82, 2.24) is 19.5 Å². The van der Waals surface area contributed by atoms with E-state index in [1.165, 1.54) is 17.5 Å². The van der Waals surface area contributed by atoms with Crippen LogP contribution in [0.25, 0.3) is 0 Å². The van der Waals surface area contributed by atoms with Crippen molar-refractivity contribution in [3.8, 4) is 6.07 Å². The molecule has 0 atom stereocenters. The average molecular weight is 570 g/mol. The molecule has 0 saturated carbocycles. The summed E-state index contributed by atoms with van der Waals surface area (Å²) in [7, 11) is -3.69. The van der Waals surface area contributed by atoms with E-state index >= 15 is 0 Å². The third-order valence-corrected chi connectivity index (χ3v) is 6.50. The second-order valence-electron chi connectivity index (χ2n) is 6.76. The molecule has 3 rings (SSSR count). The average Bonchev–Trinajstić information content (AvgIpc) is 3.31. The quantitative estimate of drug-likeness (QED) is 0.414. The third kappa shape index (κ3) is 6.49. The molecule has 1 N–H and O–H groups in total. The van der Waals surface area contributed by atoms with Crippen molar-refractivity contribution in [3.05, 3.63) is 61.9 Å². The molecule has 0 bridgehead atoms. The summed E-state index contributed by atoms with van der Waals surface area (Å²) in [4.78, 5) is 19.4. The van der Waals surface area contributed by atoms with E-state index in [2.05, 4.69) is 38.7 Å². The maximum absolute atomic E-state index is 12.3. The number of anilines is 1. The first-order valence-electron chi connectivity index (χ1n) is 9.06. The number of halogens is 1. The van der Waals surface area contributed by atoms with Crippen molar-refractivity contribution >= 4 is 55.0 Å². The first-order valence-corrected chi connectivity index (χ1v) is 12.8. The van der Waals surface area contributed by atoms with Crippen molar-refractivity contribution < 1.29 is 13.2 Å². The van der Waals surface area contributed by atoms with Crippen molar-refractivity contribution in [3.63, 3.8) is 0 Å². The van der Waals surface area contributed by atoms with Gasteiger partial charge in [0.05, 0.1) is 24.6 Å². The summed E-state index contributed by atoms with van der Waals surface area (Å²) in [6.45, 7) is 3.31. The van der Waals surface area contributed by atoms with Crippen LogP contribution in [0.1, 0.15) is 26.5 Å². The minimum atomic E-state index is -3.69. The van der Waals surface area contributed by atoms with Gasteiger partial charge in [-0.05, 0) is 47.2 Å². The first-order chi connectivity index (χ1) is 14.6. The number of nitriles is 1. The van der Waals surface area contributed by atoms with E-state index < -0.39 is 15.9 Å². The number of nitrogens with one attached hydrogen (secondary N) is 1. The molecule has 0 aliphatic carbocycles. The minimum absolute atomic E-state index is 0.0869. The molecule has 0 radical (unpaired) electrons. The molecule has 1 amide bonds. The molecular formula is C19H19IN6O3S2. The Morgan fingerprint density at radius 1 is 1.35 bits per heavy atom. The number of sulfonamides is 1. The van der Waals surface area contributed by atoms with Crippen LogP contribution in [-0.4, -0.2) is 41.9 Å². The highest BCUT2D eigenvalue weighted by atomic mass is 127. The molecule has 2 heterocycles. The predicted octanol–water partition coefficient (Wildman–Crippen LogP) is 2.52. The summed E-state index contributed by atoms with van der Waals surface area (Å²) in [5, 5.41) is 13.8. The van der Waals surface area contributed by atoms with Crippen LogP contribution in [0, 0.1) is 21.8 Å². The van der Waals surface area contributed by atoms with Crippen LogP contribution < -0.4 is 9.62 Å². The van der Waals surface area contributed by atoms with Crippen LogP contribution in [0.15, 0.2) is 36.7 Å². The molecule has 0 fully saturated rings. The van der Waals surface area contributed by atoms with Crippen LogP contribution in [0.5, 0.6) is 0 Å². The van der Waals surface area contributed by atoms with Crippen LogP contribution in [0.3, 0.4) is 0 Å². The third-order valence-electron chi connectivity index (χ3n) is 4.20. The van der Waals surface area contributed by atoms with Crippen LogP contribution >= 0.6 is 33.9 Å². The Kier molecular flexibility index (Phi) is 7.29. The van der Waals surface area contributed by atoms with Crippen molar-refractivity contribution in [2.45, 2.75) is 20.0 Å². The molecule has 12 heteroatoms. The summed E-state index contributed by atoms with van der Waals surface area (Å²) in [5.41, 5.74) is 1.63. The number of aryl methyl sites for hydroxylation is 1. The summed E-state index contributed by atoms with van der Waals surface area (Å²) in [6, 6.07) is 10.1. The first kappa shape index (κ1) is 23.2. The maximum Gasteiger partial charge on any atom is 0.284 e. The summed E-state index contributed by atoms with van der Waals surface area (Å²) < 4.78 is 27.6.